The van der Waals surface area contributed by atoms with Gasteiger partial charge in [0, 0.05) is 34.8 Å². The highest BCUT2D eigenvalue weighted by Gasteiger charge is 1.88. The molecule has 0 unspecified atom stereocenters. The van der Waals surface area contributed by atoms with Crippen LogP contribution in [0.5, 0.6) is 0 Å². The standard InChI is InChI=1S/C6H12Cl2S2/c7-1-3-9-5-6-10-4-2-8/h1-6H2. The molecule has 0 aliphatic heterocycles. The number of hydrogen-bond donors (Lipinski definition) is 0. The maximum atomic E-state index is 5.49. The summed E-state index contributed by atoms with van der Waals surface area (Å²) >= 11 is 14.8. The van der Waals surface area contributed by atoms with Crippen LogP contribution in [-0.4, -0.2) is 34.8 Å². The molecule has 0 rings (SSSR count). The molecule has 0 nitrogen and oxygen atoms in total. The first-order valence-electron chi connectivity index (χ1n) is 3.19. The van der Waals surface area contributed by atoms with E-state index in [9.17, 15) is 0 Å². The Labute approximate surface area is 81.4 Å². The van der Waals surface area contributed by atoms with E-state index in [0.717, 1.165) is 23.3 Å². The first-order chi connectivity index (χ1) is 4.91. The zero-order valence-electron chi connectivity index (χ0n) is 5.82. The van der Waals surface area contributed by atoms with Gasteiger partial charge in [-0.2, -0.15) is 23.5 Å². The third kappa shape index (κ3) is 9.28. The van der Waals surface area contributed by atoms with Gasteiger partial charge in [0.25, 0.3) is 0 Å². The van der Waals surface area contributed by atoms with E-state index in [2.05, 4.69) is 0 Å². The molecule has 0 aliphatic carbocycles. The second kappa shape index (κ2) is 10.3. The third-order valence-corrected chi connectivity index (χ3v) is 3.87. The summed E-state index contributed by atoms with van der Waals surface area (Å²) in [7, 11) is 0. The molecule has 0 fully saturated rings. The predicted octanol–water partition coefficient (Wildman–Crippen LogP) is 2.93. The fraction of sp³-hybridized carbons (Fsp3) is 1.00. The number of halogens is 2. The summed E-state index contributed by atoms with van der Waals surface area (Å²) in [4.78, 5) is 0. The van der Waals surface area contributed by atoms with Gasteiger partial charge >= 0.3 is 0 Å². The fourth-order valence-electron chi connectivity index (χ4n) is 0.431. The van der Waals surface area contributed by atoms with Crippen molar-refractivity contribution in [1.82, 2.24) is 0 Å². The van der Waals surface area contributed by atoms with Crippen molar-refractivity contribution in [3.8, 4) is 0 Å². The highest BCUT2D eigenvalue weighted by molar-refractivity contribution is 8.02. The highest BCUT2D eigenvalue weighted by Crippen LogP contribution is 2.07. The summed E-state index contributed by atoms with van der Waals surface area (Å²) < 4.78 is 0. The van der Waals surface area contributed by atoms with Crippen LogP contribution in [-0.2, 0) is 0 Å². The molecule has 0 N–H and O–H groups in total. The van der Waals surface area contributed by atoms with Crippen LogP contribution in [0.3, 0.4) is 0 Å². The molecule has 0 spiro atoms. The van der Waals surface area contributed by atoms with Gasteiger partial charge in [-0.05, 0) is 0 Å². The van der Waals surface area contributed by atoms with Crippen molar-refractivity contribution in [2.75, 3.05) is 34.8 Å². The van der Waals surface area contributed by atoms with Gasteiger partial charge < -0.3 is 0 Å². The first-order valence-corrected chi connectivity index (χ1v) is 6.57. The van der Waals surface area contributed by atoms with Crippen LogP contribution < -0.4 is 0 Å². The second-order valence-electron chi connectivity index (χ2n) is 1.60. The minimum atomic E-state index is 0.769. The molecule has 0 saturated heterocycles. The summed E-state index contributed by atoms with van der Waals surface area (Å²) in [5.74, 6) is 6.09. The molecule has 0 amide bonds. The molecule has 0 heterocycles. The molecule has 0 aromatic carbocycles. The normalized spacial score (nSPS) is 10.2. The van der Waals surface area contributed by atoms with Crippen molar-refractivity contribution in [1.29, 1.82) is 0 Å². The van der Waals surface area contributed by atoms with Gasteiger partial charge in [0.1, 0.15) is 0 Å². The molecule has 0 aromatic heterocycles. The minimum absolute atomic E-state index is 0.769. The van der Waals surface area contributed by atoms with Crippen molar-refractivity contribution in [3.63, 3.8) is 0 Å². The van der Waals surface area contributed by atoms with Crippen LogP contribution in [0.25, 0.3) is 0 Å². The molecule has 62 valence electrons. The molecule has 0 aliphatic rings. The van der Waals surface area contributed by atoms with Gasteiger partial charge in [0.2, 0.25) is 0 Å². The van der Waals surface area contributed by atoms with Gasteiger partial charge in [0.05, 0.1) is 0 Å². The lowest BCUT2D eigenvalue weighted by Crippen LogP contribution is -1.89. The van der Waals surface area contributed by atoms with E-state index in [-0.39, 0.29) is 0 Å². The quantitative estimate of drug-likeness (QED) is 0.477. The molecule has 10 heavy (non-hydrogen) atoms. The Morgan fingerprint density at radius 2 is 1.10 bits per heavy atom. The third-order valence-electron chi connectivity index (χ3n) is 0.815. The van der Waals surface area contributed by atoms with Gasteiger partial charge in [0.15, 0.2) is 0 Å². The zero-order valence-corrected chi connectivity index (χ0v) is 8.96. The van der Waals surface area contributed by atoms with Crippen molar-refractivity contribution < 1.29 is 0 Å². The topological polar surface area (TPSA) is 0 Å². The average molecular weight is 219 g/mol. The lowest BCUT2D eigenvalue weighted by atomic mass is 10.9. The van der Waals surface area contributed by atoms with Crippen molar-refractivity contribution >= 4 is 46.7 Å². The Morgan fingerprint density at radius 1 is 0.700 bits per heavy atom. The summed E-state index contributed by atoms with van der Waals surface area (Å²) in [5.41, 5.74) is 0. The van der Waals surface area contributed by atoms with Gasteiger partial charge in [-0.25, -0.2) is 0 Å². The van der Waals surface area contributed by atoms with Crippen LogP contribution >= 0.6 is 46.7 Å². The highest BCUT2D eigenvalue weighted by atomic mass is 35.5. The molecule has 0 aromatic rings. The van der Waals surface area contributed by atoms with Crippen LogP contribution in [0.4, 0.5) is 0 Å². The molecule has 4 heteroatoms. The van der Waals surface area contributed by atoms with E-state index < -0.39 is 0 Å². The van der Waals surface area contributed by atoms with E-state index in [1.54, 1.807) is 0 Å². The summed E-state index contributed by atoms with van der Waals surface area (Å²) in [5, 5.41) is 0. The van der Waals surface area contributed by atoms with Crippen LogP contribution in [0.2, 0.25) is 0 Å². The maximum Gasteiger partial charge on any atom is 0.0314 e. The fourth-order valence-corrected chi connectivity index (χ4v) is 2.66. The van der Waals surface area contributed by atoms with Gasteiger partial charge in [-0.3, -0.25) is 0 Å². The average Bonchev–Trinajstić information content (AvgIpc) is 1.97. The Hall–Kier alpha value is 1.28. The second-order valence-corrected chi connectivity index (χ2v) is 4.81. The number of alkyl halides is 2. The summed E-state index contributed by atoms with van der Waals surface area (Å²) in [6.45, 7) is 0. The predicted molar refractivity (Wildman–Crippen MR) is 56.1 cm³/mol. The van der Waals surface area contributed by atoms with E-state index in [1.807, 2.05) is 23.5 Å². The van der Waals surface area contributed by atoms with E-state index >= 15 is 0 Å². The molecule has 0 radical (unpaired) electrons. The van der Waals surface area contributed by atoms with Gasteiger partial charge in [-0.1, -0.05) is 0 Å². The van der Waals surface area contributed by atoms with Crippen molar-refractivity contribution in [3.05, 3.63) is 0 Å². The van der Waals surface area contributed by atoms with Crippen molar-refractivity contribution in [2.24, 2.45) is 0 Å². The van der Waals surface area contributed by atoms with Gasteiger partial charge in [-0.15, -0.1) is 23.2 Å². The summed E-state index contributed by atoms with van der Waals surface area (Å²) in [6, 6.07) is 0. The first kappa shape index (κ1) is 11.3. The van der Waals surface area contributed by atoms with E-state index in [4.69, 9.17) is 23.2 Å². The summed E-state index contributed by atoms with van der Waals surface area (Å²) in [6.07, 6.45) is 0. The number of thioether (sulfide) groups is 2. The SMILES string of the molecule is ClCCSCCSCCCl. The van der Waals surface area contributed by atoms with E-state index in [1.165, 1.54) is 11.5 Å². The van der Waals surface area contributed by atoms with Crippen LogP contribution in [0.1, 0.15) is 0 Å². The zero-order chi connectivity index (χ0) is 7.66. The Kier molecular flexibility index (Phi) is 11.6. The molecule has 0 atom stereocenters. The maximum absolute atomic E-state index is 5.49. The molecule has 0 saturated carbocycles. The Bertz CT molecular complexity index is 53.7. The Balaban J connectivity index is 2.65. The minimum Gasteiger partial charge on any atom is -0.160 e. The van der Waals surface area contributed by atoms with Crippen molar-refractivity contribution in [2.45, 2.75) is 0 Å². The lowest BCUT2D eigenvalue weighted by Gasteiger charge is -1.97. The Morgan fingerprint density at radius 3 is 1.40 bits per heavy atom. The smallest absolute Gasteiger partial charge is 0.0314 e. The lowest BCUT2D eigenvalue weighted by molar-refractivity contribution is 1.46. The van der Waals surface area contributed by atoms with E-state index in [0.29, 0.717) is 0 Å². The molecular weight excluding hydrogens is 207 g/mol. The molecule has 0 bridgehead atoms. The monoisotopic (exact) mass is 218 g/mol. The number of hydrogen-bond acceptors (Lipinski definition) is 2. The van der Waals surface area contributed by atoms with Crippen LogP contribution in [0, 0.1) is 0 Å². The largest absolute Gasteiger partial charge is 0.160 e. The number of rotatable bonds is 7. The van der Waals surface area contributed by atoms with Crippen LogP contribution in [0.15, 0.2) is 0 Å². The molecular formula is C6H12Cl2S2.